The lowest BCUT2D eigenvalue weighted by atomic mass is 10.1. The Balaban J connectivity index is 2.88. The predicted octanol–water partition coefficient (Wildman–Crippen LogP) is 3.74. The number of thiophene rings is 1. The summed E-state index contributed by atoms with van der Waals surface area (Å²) >= 11 is 3.41. The molecule has 0 spiro atoms. The molecule has 0 saturated heterocycles. The van der Waals surface area contributed by atoms with Gasteiger partial charge in [-0.15, -0.1) is 23.1 Å². The zero-order valence-electron chi connectivity index (χ0n) is 8.03. The van der Waals surface area contributed by atoms with Crippen molar-refractivity contribution in [1.82, 2.24) is 0 Å². The van der Waals surface area contributed by atoms with Gasteiger partial charge in [0.25, 0.3) is 0 Å². The summed E-state index contributed by atoms with van der Waals surface area (Å²) in [5, 5.41) is 3.24. The topological polar surface area (TPSA) is 17.1 Å². The van der Waals surface area contributed by atoms with E-state index in [0.29, 0.717) is 0 Å². The average molecular weight is 222 g/mol. The summed E-state index contributed by atoms with van der Waals surface area (Å²) < 4.78 is 1.24. The zero-order chi connectivity index (χ0) is 10.1. The van der Waals surface area contributed by atoms with Crippen molar-refractivity contribution < 1.29 is 4.79 Å². The molecule has 2 rings (SSSR count). The Morgan fingerprint density at radius 2 is 2.21 bits per heavy atom. The molecule has 0 aliphatic heterocycles. The SMILES string of the molecule is CSc1csc2c(C)ccc(C=O)c12. The third kappa shape index (κ3) is 1.37. The van der Waals surface area contributed by atoms with Gasteiger partial charge in [0.15, 0.2) is 6.29 Å². The maximum atomic E-state index is 10.9. The second-order valence-electron chi connectivity index (χ2n) is 3.10. The van der Waals surface area contributed by atoms with Crippen molar-refractivity contribution in [1.29, 1.82) is 0 Å². The van der Waals surface area contributed by atoms with E-state index in [2.05, 4.69) is 12.3 Å². The van der Waals surface area contributed by atoms with Crippen LogP contribution in [0.15, 0.2) is 22.4 Å². The van der Waals surface area contributed by atoms with Crippen LogP contribution in [-0.4, -0.2) is 12.5 Å². The molecule has 1 aromatic carbocycles. The van der Waals surface area contributed by atoms with Gasteiger partial charge in [-0.2, -0.15) is 0 Å². The lowest BCUT2D eigenvalue weighted by Crippen LogP contribution is -1.83. The van der Waals surface area contributed by atoms with Crippen molar-refractivity contribution in [3.63, 3.8) is 0 Å². The summed E-state index contributed by atoms with van der Waals surface area (Å²) in [6.45, 7) is 2.08. The molecule has 0 N–H and O–H groups in total. The average Bonchev–Trinajstić information content (AvgIpc) is 2.63. The third-order valence-electron chi connectivity index (χ3n) is 2.26. The highest BCUT2D eigenvalue weighted by Crippen LogP contribution is 2.35. The highest BCUT2D eigenvalue weighted by molar-refractivity contribution is 7.99. The second kappa shape index (κ2) is 3.75. The van der Waals surface area contributed by atoms with Crippen LogP contribution in [0.4, 0.5) is 0 Å². The van der Waals surface area contributed by atoms with E-state index in [1.165, 1.54) is 15.2 Å². The Morgan fingerprint density at radius 1 is 1.43 bits per heavy atom. The van der Waals surface area contributed by atoms with Gasteiger partial charge in [0, 0.05) is 25.9 Å². The molecular weight excluding hydrogens is 212 g/mol. The van der Waals surface area contributed by atoms with E-state index in [1.807, 2.05) is 18.4 Å². The molecule has 0 saturated carbocycles. The number of aldehydes is 1. The molecule has 0 radical (unpaired) electrons. The summed E-state index contributed by atoms with van der Waals surface area (Å²) in [6, 6.07) is 3.91. The first-order valence-electron chi connectivity index (χ1n) is 4.28. The molecule has 1 nitrogen and oxygen atoms in total. The molecule has 0 bridgehead atoms. The number of aryl methyl sites for hydroxylation is 1. The van der Waals surface area contributed by atoms with Crippen LogP contribution in [0.3, 0.4) is 0 Å². The molecule has 2 aromatic rings. The fourth-order valence-corrected chi connectivity index (χ4v) is 3.49. The van der Waals surface area contributed by atoms with Crippen LogP contribution in [-0.2, 0) is 0 Å². The predicted molar refractivity (Wildman–Crippen MR) is 63.7 cm³/mol. The van der Waals surface area contributed by atoms with Gasteiger partial charge in [0.1, 0.15) is 0 Å². The van der Waals surface area contributed by atoms with Crippen molar-refractivity contribution in [2.45, 2.75) is 11.8 Å². The van der Waals surface area contributed by atoms with Gasteiger partial charge in [-0.1, -0.05) is 12.1 Å². The number of hydrogen-bond donors (Lipinski definition) is 0. The first kappa shape index (κ1) is 9.74. The lowest BCUT2D eigenvalue weighted by molar-refractivity contribution is 0.112. The highest BCUT2D eigenvalue weighted by Gasteiger charge is 2.09. The van der Waals surface area contributed by atoms with Crippen LogP contribution in [0.25, 0.3) is 10.1 Å². The standard InChI is InChI=1S/C11H10OS2/c1-7-3-4-8(5-12)10-9(13-2)6-14-11(7)10/h3-6H,1-2H3. The van der Waals surface area contributed by atoms with Gasteiger partial charge in [-0.3, -0.25) is 4.79 Å². The minimum absolute atomic E-state index is 0.802. The van der Waals surface area contributed by atoms with Gasteiger partial charge < -0.3 is 0 Å². The fraction of sp³-hybridized carbons (Fsp3) is 0.182. The molecule has 0 amide bonds. The summed E-state index contributed by atoms with van der Waals surface area (Å²) in [5.41, 5.74) is 2.05. The smallest absolute Gasteiger partial charge is 0.150 e. The minimum Gasteiger partial charge on any atom is -0.298 e. The first-order chi connectivity index (χ1) is 6.77. The Morgan fingerprint density at radius 3 is 2.86 bits per heavy atom. The molecule has 0 fully saturated rings. The second-order valence-corrected chi connectivity index (χ2v) is 4.83. The molecule has 0 unspecified atom stereocenters. The van der Waals surface area contributed by atoms with E-state index in [1.54, 1.807) is 23.1 Å². The summed E-state index contributed by atoms with van der Waals surface area (Å²) in [5.74, 6) is 0. The van der Waals surface area contributed by atoms with E-state index in [0.717, 1.165) is 17.2 Å². The quantitative estimate of drug-likeness (QED) is 0.568. The normalized spacial score (nSPS) is 10.7. The van der Waals surface area contributed by atoms with E-state index < -0.39 is 0 Å². The molecule has 14 heavy (non-hydrogen) atoms. The van der Waals surface area contributed by atoms with E-state index in [9.17, 15) is 4.79 Å². The van der Waals surface area contributed by atoms with Crippen LogP contribution < -0.4 is 0 Å². The largest absolute Gasteiger partial charge is 0.298 e. The Hall–Kier alpha value is -0.800. The highest BCUT2D eigenvalue weighted by atomic mass is 32.2. The number of rotatable bonds is 2. The number of benzene rings is 1. The number of thioether (sulfide) groups is 1. The van der Waals surface area contributed by atoms with Gasteiger partial charge >= 0.3 is 0 Å². The van der Waals surface area contributed by atoms with E-state index in [-0.39, 0.29) is 0 Å². The van der Waals surface area contributed by atoms with Gasteiger partial charge in [0.2, 0.25) is 0 Å². The van der Waals surface area contributed by atoms with Crippen LogP contribution in [0.5, 0.6) is 0 Å². The Kier molecular flexibility index (Phi) is 2.61. The van der Waals surface area contributed by atoms with Crippen LogP contribution >= 0.6 is 23.1 Å². The molecule has 72 valence electrons. The molecule has 0 atom stereocenters. The molecule has 3 heteroatoms. The maximum Gasteiger partial charge on any atom is 0.150 e. The number of carbonyl (C=O) groups excluding carboxylic acids is 1. The molecule has 1 heterocycles. The molecular formula is C11H10OS2. The number of fused-ring (bicyclic) bond motifs is 1. The monoisotopic (exact) mass is 222 g/mol. The van der Waals surface area contributed by atoms with Crippen molar-refractivity contribution in [2.75, 3.05) is 6.26 Å². The summed E-state index contributed by atoms with van der Waals surface area (Å²) in [4.78, 5) is 12.1. The minimum atomic E-state index is 0.802. The molecule has 0 aliphatic rings. The van der Waals surface area contributed by atoms with Gasteiger partial charge in [-0.05, 0) is 18.7 Å². The molecule has 0 aliphatic carbocycles. The van der Waals surface area contributed by atoms with Gasteiger partial charge in [0.05, 0.1) is 0 Å². The summed E-state index contributed by atoms with van der Waals surface area (Å²) in [6.07, 6.45) is 2.98. The zero-order valence-corrected chi connectivity index (χ0v) is 9.67. The Bertz CT molecular complexity index is 485. The third-order valence-corrected chi connectivity index (χ3v) is 4.29. The van der Waals surface area contributed by atoms with E-state index in [4.69, 9.17) is 0 Å². The number of carbonyl (C=O) groups is 1. The van der Waals surface area contributed by atoms with Crippen molar-refractivity contribution in [2.24, 2.45) is 0 Å². The number of hydrogen-bond acceptors (Lipinski definition) is 3. The van der Waals surface area contributed by atoms with Crippen molar-refractivity contribution >= 4 is 39.5 Å². The van der Waals surface area contributed by atoms with Crippen LogP contribution in [0, 0.1) is 6.92 Å². The van der Waals surface area contributed by atoms with Crippen LogP contribution in [0.2, 0.25) is 0 Å². The molecule has 1 aromatic heterocycles. The van der Waals surface area contributed by atoms with Crippen LogP contribution in [0.1, 0.15) is 15.9 Å². The maximum absolute atomic E-state index is 10.9. The lowest BCUT2D eigenvalue weighted by Gasteiger charge is -2.00. The van der Waals surface area contributed by atoms with E-state index >= 15 is 0 Å². The summed E-state index contributed by atoms with van der Waals surface area (Å²) in [7, 11) is 0. The first-order valence-corrected chi connectivity index (χ1v) is 6.38. The van der Waals surface area contributed by atoms with Gasteiger partial charge in [-0.25, -0.2) is 0 Å². The Labute approximate surface area is 91.1 Å². The van der Waals surface area contributed by atoms with Crippen molar-refractivity contribution in [3.05, 3.63) is 28.6 Å². The fourth-order valence-electron chi connectivity index (χ4n) is 1.53. The van der Waals surface area contributed by atoms with Crippen molar-refractivity contribution in [3.8, 4) is 0 Å².